The highest BCUT2D eigenvalue weighted by atomic mass is 32.2. The Hall–Kier alpha value is -1.25. The van der Waals surface area contributed by atoms with Crippen LogP contribution in [-0.4, -0.2) is 54.6 Å². The fraction of sp³-hybridized carbons (Fsp3) is 0.647. The maximum Gasteiger partial charge on any atom is 0.214 e. The third-order valence-corrected chi connectivity index (χ3v) is 8.27. The standard InChI is InChI=1S/C17H24N4O2S2/c22-25(23,12-14-4-2-1-3-5-14)21-9-7-20(8-10-21)17-16-15(6-11-24-16)18-13-19-17/h6,11,13-14H,1-5,7-10,12H2. The van der Waals surface area contributed by atoms with Gasteiger partial charge in [0.25, 0.3) is 0 Å². The molecule has 2 aliphatic rings. The van der Waals surface area contributed by atoms with Crippen LogP contribution >= 0.6 is 11.3 Å². The van der Waals surface area contributed by atoms with E-state index in [0.717, 1.165) is 28.9 Å². The molecule has 3 heterocycles. The number of hydrogen-bond acceptors (Lipinski definition) is 6. The van der Waals surface area contributed by atoms with Gasteiger partial charge in [-0.1, -0.05) is 19.3 Å². The number of piperazine rings is 1. The smallest absolute Gasteiger partial charge is 0.214 e. The van der Waals surface area contributed by atoms with E-state index in [2.05, 4.69) is 14.9 Å². The van der Waals surface area contributed by atoms with Crippen LogP contribution in [0.15, 0.2) is 17.8 Å². The van der Waals surface area contributed by atoms with Gasteiger partial charge in [-0.2, -0.15) is 4.31 Å². The average Bonchev–Trinajstić information content (AvgIpc) is 3.11. The normalized spacial score (nSPS) is 21.0. The zero-order valence-electron chi connectivity index (χ0n) is 14.3. The van der Waals surface area contributed by atoms with Crippen molar-refractivity contribution < 1.29 is 8.42 Å². The lowest BCUT2D eigenvalue weighted by molar-refractivity contribution is 0.355. The largest absolute Gasteiger partial charge is 0.353 e. The van der Waals surface area contributed by atoms with Gasteiger partial charge in [0.2, 0.25) is 10.0 Å². The van der Waals surface area contributed by atoms with Gasteiger partial charge in [0.15, 0.2) is 0 Å². The van der Waals surface area contributed by atoms with Crippen LogP contribution in [0.1, 0.15) is 32.1 Å². The number of sulfonamides is 1. The predicted molar refractivity (Wildman–Crippen MR) is 102 cm³/mol. The summed E-state index contributed by atoms with van der Waals surface area (Å²) in [5, 5.41) is 2.02. The number of hydrogen-bond donors (Lipinski definition) is 0. The lowest BCUT2D eigenvalue weighted by Gasteiger charge is -2.35. The van der Waals surface area contributed by atoms with Crippen molar-refractivity contribution in [2.75, 3.05) is 36.8 Å². The maximum atomic E-state index is 12.8. The first kappa shape index (κ1) is 17.2. The van der Waals surface area contributed by atoms with Crippen molar-refractivity contribution in [3.63, 3.8) is 0 Å². The molecule has 0 radical (unpaired) electrons. The Morgan fingerprint density at radius 1 is 1.08 bits per heavy atom. The summed E-state index contributed by atoms with van der Waals surface area (Å²) in [5.41, 5.74) is 0.961. The third kappa shape index (κ3) is 3.66. The zero-order chi connectivity index (χ0) is 17.3. The number of thiophene rings is 1. The van der Waals surface area contributed by atoms with Crippen LogP contribution in [0.5, 0.6) is 0 Å². The highest BCUT2D eigenvalue weighted by molar-refractivity contribution is 7.89. The molecule has 1 aliphatic carbocycles. The van der Waals surface area contributed by atoms with E-state index in [0.29, 0.717) is 37.8 Å². The number of fused-ring (bicyclic) bond motifs is 1. The Balaban J connectivity index is 1.41. The molecule has 0 spiro atoms. The molecule has 2 aromatic rings. The van der Waals surface area contributed by atoms with Gasteiger partial charge in [-0.05, 0) is 30.2 Å². The average molecular weight is 381 g/mol. The van der Waals surface area contributed by atoms with Crippen LogP contribution in [0.4, 0.5) is 5.82 Å². The molecule has 0 amide bonds. The lowest BCUT2D eigenvalue weighted by atomic mass is 9.91. The van der Waals surface area contributed by atoms with Gasteiger partial charge in [-0.3, -0.25) is 0 Å². The Morgan fingerprint density at radius 2 is 1.84 bits per heavy atom. The molecule has 25 heavy (non-hydrogen) atoms. The second kappa shape index (κ2) is 7.17. The second-order valence-electron chi connectivity index (χ2n) is 7.00. The highest BCUT2D eigenvalue weighted by Gasteiger charge is 2.30. The molecule has 6 nitrogen and oxygen atoms in total. The zero-order valence-corrected chi connectivity index (χ0v) is 15.9. The molecule has 0 N–H and O–H groups in total. The molecule has 2 aromatic heterocycles. The van der Waals surface area contributed by atoms with Crippen molar-refractivity contribution >= 4 is 37.4 Å². The van der Waals surface area contributed by atoms with Crippen molar-refractivity contribution in [3.05, 3.63) is 17.8 Å². The van der Waals surface area contributed by atoms with E-state index in [4.69, 9.17) is 0 Å². The number of anilines is 1. The Bertz CT molecular complexity index is 822. The van der Waals surface area contributed by atoms with Gasteiger partial charge in [0.1, 0.15) is 12.1 Å². The number of rotatable bonds is 4. The molecule has 2 fully saturated rings. The van der Waals surface area contributed by atoms with Gasteiger partial charge >= 0.3 is 0 Å². The quantitative estimate of drug-likeness (QED) is 0.816. The van der Waals surface area contributed by atoms with Crippen LogP contribution in [0, 0.1) is 5.92 Å². The fourth-order valence-electron chi connectivity index (χ4n) is 3.94. The fourth-order valence-corrected chi connectivity index (χ4v) is 6.66. The molecule has 136 valence electrons. The topological polar surface area (TPSA) is 66.4 Å². The van der Waals surface area contributed by atoms with E-state index in [1.807, 2.05) is 11.4 Å². The van der Waals surface area contributed by atoms with E-state index >= 15 is 0 Å². The van der Waals surface area contributed by atoms with E-state index in [9.17, 15) is 8.42 Å². The summed E-state index contributed by atoms with van der Waals surface area (Å²) in [6.07, 6.45) is 7.34. The molecular formula is C17H24N4O2S2. The molecule has 8 heteroatoms. The summed E-state index contributed by atoms with van der Waals surface area (Å²) in [7, 11) is -3.14. The summed E-state index contributed by atoms with van der Waals surface area (Å²) < 4.78 is 28.3. The summed E-state index contributed by atoms with van der Waals surface area (Å²) in [6, 6.07) is 2.00. The van der Waals surface area contributed by atoms with Crippen LogP contribution < -0.4 is 4.90 Å². The van der Waals surface area contributed by atoms with E-state index < -0.39 is 10.0 Å². The molecule has 0 bridgehead atoms. The number of nitrogens with zero attached hydrogens (tertiary/aromatic N) is 4. The van der Waals surface area contributed by atoms with Crippen molar-refractivity contribution in [3.8, 4) is 0 Å². The van der Waals surface area contributed by atoms with Gasteiger partial charge in [0, 0.05) is 26.2 Å². The first-order valence-electron chi connectivity index (χ1n) is 9.04. The first-order valence-corrected chi connectivity index (χ1v) is 11.5. The van der Waals surface area contributed by atoms with Crippen LogP contribution in [0.2, 0.25) is 0 Å². The molecule has 0 atom stereocenters. The highest BCUT2D eigenvalue weighted by Crippen LogP contribution is 2.29. The SMILES string of the molecule is O=S(=O)(CC1CCCCC1)N1CCN(c2ncnc3ccsc23)CC1. The minimum absolute atomic E-state index is 0.329. The van der Waals surface area contributed by atoms with E-state index in [1.54, 1.807) is 22.0 Å². The van der Waals surface area contributed by atoms with Gasteiger partial charge in [0.05, 0.1) is 16.0 Å². The predicted octanol–water partition coefficient (Wildman–Crippen LogP) is 2.72. The summed E-state index contributed by atoms with van der Waals surface area (Å²) >= 11 is 1.64. The summed E-state index contributed by atoms with van der Waals surface area (Å²) in [5.74, 6) is 1.61. The Morgan fingerprint density at radius 3 is 2.60 bits per heavy atom. The van der Waals surface area contributed by atoms with Crippen LogP contribution in [-0.2, 0) is 10.0 Å². The van der Waals surface area contributed by atoms with Crippen molar-refractivity contribution in [2.24, 2.45) is 5.92 Å². The van der Waals surface area contributed by atoms with Crippen LogP contribution in [0.3, 0.4) is 0 Å². The second-order valence-corrected chi connectivity index (χ2v) is 9.93. The molecule has 4 rings (SSSR count). The van der Waals surface area contributed by atoms with Crippen molar-refractivity contribution in [1.82, 2.24) is 14.3 Å². The van der Waals surface area contributed by atoms with Crippen molar-refractivity contribution in [1.29, 1.82) is 0 Å². The van der Waals surface area contributed by atoms with Gasteiger partial charge < -0.3 is 4.90 Å². The Kier molecular flexibility index (Phi) is 4.92. The van der Waals surface area contributed by atoms with Gasteiger partial charge in [-0.15, -0.1) is 11.3 Å². The monoisotopic (exact) mass is 380 g/mol. The van der Waals surface area contributed by atoms with E-state index in [1.165, 1.54) is 19.3 Å². The molecule has 0 unspecified atom stereocenters. The first-order chi connectivity index (χ1) is 12.1. The lowest BCUT2D eigenvalue weighted by Crippen LogP contribution is -2.50. The maximum absolute atomic E-state index is 12.8. The molecule has 0 aromatic carbocycles. The minimum atomic E-state index is -3.14. The summed E-state index contributed by atoms with van der Waals surface area (Å²) in [4.78, 5) is 10.9. The van der Waals surface area contributed by atoms with Gasteiger partial charge in [-0.25, -0.2) is 18.4 Å². The van der Waals surface area contributed by atoms with E-state index in [-0.39, 0.29) is 0 Å². The number of aromatic nitrogens is 2. The summed E-state index contributed by atoms with van der Waals surface area (Å²) in [6.45, 7) is 2.47. The minimum Gasteiger partial charge on any atom is -0.353 e. The Labute approximate surface area is 152 Å². The van der Waals surface area contributed by atoms with Crippen molar-refractivity contribution in [2.45, 2.75) is 32.1 Å². The van der Waals surface area contributed by atoms with Crippen LogP contribution in [0.25, 0.3) is 10.2 Å². The molecule has 1 aliphatic heterocycles. The molecule has 1 saturated carbocycles. The molecule has 1 saturated heterocycles. The third-order valence-electron chi connectivity index (χ3n) is 5.33. The molecular weight excluding hydrogens is 356 g/mol.